The molecular weight excluding hydrogens is 441 g/mol. The van der Waals surface area contributed by atoms with Gasteiger partial charge in [0.2, 0.25) is 0 Å². The van der Waals surface area contributed by atoms with E-state index in [0.29, 0.717) is 11.5 Å². The first-order valence-electron chi connectivity index (χ1n) is 7.12. The molecule has 5 nitrogen and oxygen atoms in total. The van der Waals surface area contributed by atoms with Gasteiger partial charge in [0.15, 0.2) is 5.76 Å². The maximum Gasteiger partial charge on any atom is 0.297 e. The number of hydrogen-bond acceptors (Lipinski definition) is 5. The van der Waals surface area contributed by atoms with E-state index in [0.717, 1.165) is 14.7 Å². The van der Waals surface area contributed by atoms with Gasteiger partial charge < -0.3 is 4.52 Å². The van der Waals surface area contributed by atoms with Crippen molar-refractivity contribution in [2.75, 3.05) is 0 Å². The van der Waals surface area contributed by atoms with Gasteiger partial charge in [-0.25, -0.2) is 0 Å². The van der Waals surface area contributed by atoms with Crippen LogP contribution in [0.3, 0.4) is 0 Å². The summed E-state index contributed by atoms with van der Waals surface area (Å²) < 4.78 is 35.7. The molecule has 0 atom stereocenters. The molecular formula is C17H14INO4S. The Morgan fingerprint density at radius 2 is 1.75 bits per heavy atom. The molecule has 124 valence electrons. The standard InChI is InChI=1S/C17H14INO4S/c1-12-2-8-16(9-3-12)24(20,21)22-11-15-10-17(23-19-15)13-4-6-14(18)7-5-13/h2-10H,11H2,1H3. The van der Waals surface area contributed by atoms with E-state index >= 15 is 0 Å². The molecule has 0 bridgehead atoms. The van der Waals surface area contributed by atoms with E-state index in [2.05, 4.69) is 27.7 Å². The second kappa shape index (κ2) is 7.04. The number of rotatable bonds is 5. The van der Waals surface area contributed by atoms with Gasteiger partial charge in [-0.05, 0) is 53.8 Å². The van der Waals surface area contributed by atoms with E-state index in [-0.39, 0.29) is 11.5 Å². The van der Waals surface area contributed by atoms with Gasteiger partial charge in [0.05, 0.1) is 4.90 Å². The van der Waals surface area contributed by atoms with E-state index in [1.807, 2.05) is 31.2 Å². The zero-order chi connectivity index (χ0) is 17.2. The van der Waals surface area contributed by atoms with Crippen LogP contribution in [-0.4, -0.2) is 13.6 Å². The molecule has 0 N–H and O–H groups in total. The zero-order valence-corrected chi connectivity index (χ0v) is 15.7. The molecule has 7 heteroatoms. The first-order valence-corrected chi connectivity index (χ1v) is 9.60. The predicted molar refractivity (Wildman–Crippen MR) is 97.8 cm³/mol. The summed E-state index contributed by atoms with van der Waals surface area (Å²) in [6, 6.07) is 15.9. The Hall–Kier alpha value is -1.71. The second-order valence-electron chi connectivity index (χ2n) is 5.22. The predicted octanol–water partition coefficient (Wildman–Crippen LogP) is 4.16. The third-order valence-corrected chi connectivity index (χ3v) is 5.36. The van der Waals surface area contributed by atoms with Gasteiger partial charge >= 0.3 is 0 Å². The summed E-state index contributed by atoms with van der Waals surface area (Å²) >= 11 is 2.22. The van der Waals surface area contributed by atoms with Crippen LogP contribution in [0, 0.1) is 10.5 Å². The van der Waals surface area contributed by atoms with Gasteiger partial charge in [-0.3, -0.25) is 4.18 Å². The Kier molecular flexibility index (Phi) is 5.02. The van der Waals surface area contributed by atoms with Gasteiger partial charge in [-0.15, -0.1) is 0 Å². The minimum atomic E-state index is -3.82. The maximum atomic E-state index is 12.1. The number of hydrogen-bond donors (Lipinski definition) is 0. The molecule has 0 saturated heterocycles. The largest absolute Gasteiger partial charge is 0.356 e. The molecule has 0 fully saturated rings. The number of benzene rings is 2. The molecule has 1 aromatic heterocycles. The lowest BCUT2D eigenvalue weighted by atomic mass is 10.2. The molecule has 0 amide bonds. The third-order valence-electron chi connectivity index (χ3n) is 3.36. The molecule has 3 rings (SSSR count). The summed E-state index contributed by atoms with van der Waals surface area (Å²) in [5.41, 5.74) is 2.27. The Labute approximate surface area is 153 Å². The van der Waals surface area contributed by atoms with Crippen molar-refractivity contribution in [3.63, 3.8) is 0 Å². The third kappa shape index (κ3) is 4.03. The van der Waals surface area contributed by atoms with E-state index < -0.39 is 10.1 Å². The van der Waals surface area contributed by atoms with Gasteiger partial charge in [0.1, 0.15) is 12.3 Å². The van der Waals surface area contributed by atoms with Crippen LogP contribution in [0.5, 0.6) is 0 Å². The summed E-state index contributed by atoms with van der Waals surface area (Å²) in [7, 11) is -3.82. The van der Waals surface area contributed by atoms with Crippen LogP contribution in [-0.2, 0) is 20.9 Å². The van der Waals surface area contributed by atoms with E-state index in [1.54, 1.807) is 18.2 Å². The molecule has 0 aliphatic rings. The van der Waals surface area contributed by atoms with Crippen LogP contribution in [0.1, 0.15) is 11.3 Å². The van der Waals surface area contributed by atoms with Gasteiger partial charge in [-0.1, -0.05) is 35.0 Å². The molecule has 2 aromatic carbocycles. The molecule has 0 aliphatic carbocycles. The normalized spacial score (nSPS) is 11.6. The van der Waals surface area contributed by atoms with Crippen molar-refractivity contribution in [3.05, 3.63) is 69.4 Å². The smallest absolute Gasteiger partial charge is 0.297 e. The van der Waals surface area contributed by atoms with Crippen molar-refractivity contribution in [2.45, 2.75) is 18.4 Å². The lowest BCUT2D eigenvalue weighted by Crippen LogP contribution is -2.06. The van der Waals surface area contributed by atoms with Gasteiger partial charge in [0.25, 0.3) is 10.1 Å². The monoisotopic (exact) mass is 455 g/mol. The number of aromatic nitrogens is 1. The van der Waals surface area contributed by atoms with Crippen LogP contribution in [0.2, 0.25) is 0 Å². The lowest BCUT2D eigenvalue weighted by molar-refractivity contribution is 0.293. The van der Waals surface area contributed by atoms with Crippen molar-refractivity contribution in [1.29, 1.82) is 0 Å². The highest BCUT2D eigenvalue weighted by atomic mass is 127. The zero-order valence-electron chi connectivity index (χ0n) is 12.8. The first kappa shape index (κ1) is 17.1. The molecule has 3 aromatic rings. The van der Waals surface area contributed by atoms with Crippen molar-refractivity contribution in [1.82, 2.24) is 5.16 Å². The van der Waals surface area contributed by atoms with Crippen LogP contribution in [0.4, 0.5) is 0 Å². The average Bonchev–Trinajstić information content (AvgIpc) is 3.03. The van der Waals surface area contributed by atoms with Crippen LogP contribution in [0.15, 0.2) is 64.0 Å². The molecule has 1 heterocycles. The number of halogens is 1. The average molecular weight is 455 g/mol. The second-order valence-corrected chi connectivity index (χ2v) is 8.08. The summed E-state index contributed by atoms with van der Waals surface area (Å²) in [6.07, 6.45) is 0. The fourth-order valence-electron chi connectivity index (χ4n) is 2.04. The van der Waals surface area contributed by atoms with Crippen molar-refractivity contribution < 1.29 is 17.1 Å². The highest BCUT2D eigenvalue weighted by Gasteiger charge is 2.16. The summed E-state index contributed by atoms with van der Waals surface area (Å²) in [6.45, 7) is 1.71. The molecule has 0 spiro atoms. The molecule has 0 unspecified atom stereocenters. The van der Waals surface area contributed by atoms with E-state index in [9.17, 15) is 8.42 Å². The van der Waals surface area contributed by atoms with E-state index in [1.165, 1.54) is 12.1 Å². The SMILES string of the molecule is Cc1ccc(S(=O)(=O)OCc2cc(-c3ccc(I)cc3)on2)cc1. The summed E-state index contributed by atoms with van der Waals surface area (Å²) in [5.74, 6) is 0.567. The summed E-state index contributed by atoms with van der Waals surface area (Å²) in [5, 5.41) is 3.86. The van der Waals surface area contributed by atoms with Crippen LogP contribution >= 0.6 is 22.6 Å². The lowest BCUT2D eigenvalue weighted by Gasteiger charge is -2.04. The van der Waals surface area contributed by atoms with Crippen molar-refractivity contribution in [3.8, 4) is 11.3 Å². The van der Waals surface area contributed by atoms with Crippen molar-refractivity contribution in [2.24, 2.45) is 0 Å². The quantitative estimate of drug-likeness (QED) is 0.427. The highest BCUT2D eigenvalue weighted by molar-refractivity contribution is 14.1. The minimum absolute atomic E-state index is 0.120. The number of aryl methyl sites for hydroxylation is 1. The minimum Gasteiger partial charge on any atom is -0.356 e. The summed E-state index contributed by atoms with van der Waals surface area (Å²) in [4.78, 5) is 0.120. The topological polar surface area (TPSA) is 69.4 Å². The Balaban J connectivity index is 1.71. The Morgan fingerprint density at radius 3 is 2.42 bits per heavy atom. The molecule has 0 aliphatic heterocycles. The maximum absolute atomic E-state index is 12.1. The van der Waals surface area contributed by atoms with Gasteiger partial charge in [0, 0.05) is 15.2 Å². The Bertz CT molecular complexity index is 931. The van der Waals surface area contributed by atoms with Crippen LogP contribution in [0.25, 0.3) is 11.3 Å². The van der Waals surface area contributed by atoms with Crippen LogP contribution < -0.4 is 0 Å². The van der Waals surface area contributed by atoms with Gasteiger partial charge in [-0.2, -0.15) is 8.42 Å². The number of nitrogens with zero attached hydrogens (tertiary/aromatic N) is 1. The first-order chi connectivity index (χ1) is 11.4. The van der Waals surface area contributed by atoms with E-state index in [4.69, 9.17) is 8.71 Å². The fraction of sp³-hybridized carbons (Fsp3) is 0.118. The fourth-order valence-corrected chi connectivity index (χ4v) is 3.28. The Morgan fingerprint density at radius 1 is 1.08 bits per heavy atom. The van der Waals surface area contributed by atoms with Crippen molar-refractivity contribution >= 4 is 32.7 Å². The highest BCUT2D eigenvalue weighted by Crippen LogP contribution is 2.22. The molecule has 24 heavy (non-hydrogen) atoms. The molecule has 0 saturated carbocycles. The molecule has 0 radical (unpaired) electrons.